The van der Waals surface area contributed by atoms with Gasteiger partial charge in [0.05, 0.1) is 29.1 Å². The van der Waals surface area contributed by atoms with Crippen LogP contribution in [0.1, 0.15) is 19.5 Å². The first kappa shape index (κ1) is 19.5. The molecule has 0 unspecified atom stereocenters. The average molecular weight is 410 g/mol. The Hall–Kier alpha value is -3.82. The van der Waals surface area contributed by atoms with E-state index in [1.165, 1.54) is 7.11 Å². The standard InChI is InChI=1S/C20H19FN6O3/c1-20(2)11-26(14-5-4-7-22-18(14)20)17-6-8-23-19(25-17)24-13-10-15(27(28)29)12(21)9-16(13)30-3/h4-10H,11H2,1-3H3,(H,23,24,25). The third kappa shape index (κ3) is 3.36. The molecule has 0 saturated carbocycles. The van der Waals surface area contributed by atoms with Crippen LogP contribution in [-0.4, -0.2) is 33.5 Å². The van der Waals surface area contributed by atoms with Gasteiger partial charge in [-0.05, 0) is 18.2 Å². The molecule has 2 aromatic heterocycles. The maximum atomic E-state index is 13.9. The van der Waals surface area contributed by atoms with Crippen LogP contribution in [0.2, 0.25) is 0 Å². The molecule has 0 spiro atoms. The molecular weight excluding hydrogens is 391 g/mol. The smallest absolute Gasteiger partial charge is 0.307 e. The first-order valence-electron chi connectivity index (χ1n) is 9.15. The minimum absolute atomic E-state index is 0.101. The molecule has 1 aliphatic rings. The van der Waals surface area contributed by atoms with Gasteiger partial charge in [0.2, 0.25) is 11.8 Å². The van der Waals surface area contributed by atoms with Gasteiger partial charge in [-0.2, -0.15) is 9.37 Å². The van der Waals surface area contributed by atoms with Crippen LogP contribution in [0.5, 0.6) is 5.75 Å². The second-order valence-corrected chi connectivity index (χ2v) is 7.47. The maximum Gasteiger partial charge on any atom is 0.307 e. The number of hydrogen-bond acceptors (Lipinski definition) is 8. The van der Waals surface area contributed by atoms with Crippen molar-refractivity contribution in [2.24, 2.45) is 0 Å². The Kier molecular flexibility index (Phi) is 4.69. The van der Waals surface area contributed by atoms with Gasteiger partial charge in [0, 0.05) is 36.5 Å². The lowest BCUT2D eigenvalue weighted by atomic mass is 9.91. The van der Waals surface area contributed by atoms with Gasteiger partial charge in [-0.1, -0.05) is 13.8 Å². The van der Waals surface area contributed by atoms with E-state index in [2.05, 4.69) is 34.1 Å². The minimum atomic E-state index is -0.986. The minimum Gasteiger partial charge on any atom is -0.494 e. The van der Waals surface area contributed by atoms with E-state index in [-0.39, 0.29) is 22.8 Å². The predicted octanol–water partition coefficient (Wildman–Crippen LogP) is 4.10. The molecule has 3 heterocycles. The van der Waals surface area contributed by atoms with Crippen LogP contribution in [0.3, 0.4) is 0 Å². The summed E-state index contributed by atoms with van der Waals surface area (Å²) in [6.45, 7) is 4.91. The summed E-state index contributed by atoms with van der Waals surface area (Å²) >= 11 is 0. The van der Waals surface area contributed by atoms with Crippen molar-refractivity contribution in [1.29, 1.82) is 0 Å². The third-order valence-electron chi connectivity index (χ3n) is 4.90. The van der Waals surface area contributed by atoms with Gasteiger partial charge in [0.25, 0.3) is 0 Å². The molecule has 154 valence electrons. The maximum absolute atomic E-state index is 13.9. The summed E-state index contributed by atoms with van der Waals surface area (Å²) in [7, 11) is 1.35. The van der Waals surface area contributed by atoms with Gasteiger partial charge in [-0.3, -0.25) is 15.1 Å². The molecule has 30 heavy (non-hydrogen) atoms. The highest BCUT2D eigenvalue weighted by molar-refractivity contribution is 5.71. The zero-order chi connectivity index (χ0) is 21.5. The molecule has 1 aliphatic heterocycles. The number of anilines is 4. The van der Waals surface area contributed by atoms with Gasteiger partial charge >= 0.3 is 5.69 Å². The Balaban J connectivity index is 1.69. The fraction of sp³-hybridized carbons (Fsp3) is 0.250. The van der Waals surface area contributed by atoms with E-state index in [9.17, 15) is 14.5 Å². The zero-order valence-corrected chi connectivity index (χ0v) is 16.6. The number of benzene rings is 1. The number of nitro benzene ring substituents is 1. The number of fused-ring (bicyclic) bond motifs is 1. The third-order valence-corrected chi connectivity index (χ3v) is 4.90. The van der Waals surface area contributed by atoms with Gasteiger partial charge in [-0.25, -0.2) is 4.98 Å². The molecule has 0 radical (unpaired) electrons. The molecule has 0 fully saturated rings. The highest BCUT2D eigenvalue weighted by atomic mass is 19.1. The summed E-state index contributed by atoms with van der Waals surface area (Å²) in [6, 6.07) is 7.64. The zero-order valence-electron chi connectivity index (χ0n) is 16.6. The number of hydrogen-bond donors (Lipinski definition) is 1. The Labute approximate surface area is 171 Å². The topological polar surface area (TPSA) is 106 Å². The Bertz CT molecular complexity index is 1140. The number of methoxy groups -OCH3 is 1. The molecule has 0 bridgehead atoms. The molecule has 4 rings (SSSR count). The van der Waals surface area contributed by atoms with E-state index in [1.807, 2.05) is 17.0 Å². The van der Waals surface area contributed by atoms with Crippen molar-refractivity contribution >= 4 is 28.8 Å². The highest BCUT2D eigenvalue weighted by Crippen LogP contribution is 2.42. The van der Waals surface area contributed by atoms with Crippen LogP contribution in [0, 0.1) is 15.9 Å². The number of pyridine rings is 1. The molecule has 1 aromatic carbocycles. The summed E-state index contributed by atoms with van der Waals surface area (Å²) in [5.41, 5.74) is 1.30. The lowest BCUT2D eigenvalue weighted by Gasteiger charge is -2.21. The Morgan fingerprint density at radius 3 is 2.80 bits per heavy atom. The van der Waals surface area contributed by atoms with Crippen molar-refractivity contribution in [2.45, 2.75) is 19.3 Å². The summed E-state index contributed by atoms with van der Waals surface area (Å²) in [6.07, 6.45) is 3.35. The van der Waals surface area contributed by atoms with E-state index in [1.54, 1.807) is 18.5 Å². The number of ether oxygens (including phenoxy) is 1. The first-order valence-corrected chi connectivity index (χ1v) is 9.15. The number of halogens is 1. The second kappa shape index (κ2) is 7.21. The number of nitrogens with one attached hydrogen (secondary N) is 1. The SMILES string of the molecule is COc1cc(F)c([N+](=O)[O-])cc1Nc1nccc(N2CC(C)(C)c3ncccc32)n1. The molecule has 0 atom stereocenters. The lowest BCUT2D eigenvalue weighted by Crippen LogP contribution is -2.26. The fourth-order valence-electron chi connectivity index (χ4n) is 3.53. The molecule has 9 nitrogen and oxygen atoms in total. The van der Waals surface area contributed by atoms with E-state index in [0.29, 0.717) is 12.4 Å². The molecule has 0 aliphatic carbocycles. The van der Waals surface area contributed by atoms with Crippen LogP contribution in [0.15, 0.2) is 42.7 Å². The average Bonchev–Trinajstić information content (AvgIpc) is 3.00. The van der Waals surface area contributed by atoms with Crippen molar-refractivity contribution in [3.63, 3.8) is 0 Å². The van der Waals surface area contributed by atoms with E-state index in [4.69, 9.17) is 4.74 Å². The molecule has 1 N–H and O–H groups in total. The van der Waals surface area contributed by atoms with Crippen LogP contribution in [-0.2, 0) is 5.41 Å². The van der Waals surface area contributed by atoms with Crippen LogP contribution >= 0.6 is 0 Å². The summed E-state index contributed by atoms with van der Waals surface area (Å²) in [5.74, 6) is -0.0471. The van der Waals surface area contributed by atoms with Crippen LogP contribution in [0.4, 0.5) is 33.2 Å². The monoisotopic (exact) mass is 410 g/mol. The number of nitro groups is 1. The van der Waals surface area contributed by atoms with Crippen molar-refractivity contribution < 1.29 is 14.1 Å². The van der Waals surface area contributed by atoms with Gasteiger partial charge in [0.15, 0.2) is 0 Å². The molecule has 3 aromatic rings. The summed E-state index contributed by atoms with van der Waals surface area (Å²) < 4.78 is 19.0. The number of aromatic nitrogens is 3. The van der Waals surface area contributed by atoms with Crippen molar-refractivity contribution in [1.82, 2.24) is 15.0 Å². The van der Waals surface area contributed by atoms with Gasteiger partial charge in [-0.15, -0.1) is 0 Å². The van der Waals surface area contributed by atoms with Gasteiger partial charge in [0.1, 0.15) is 11.6 Å². The quantitative estimate of drug-likeness (QED) is 0.495. The van der Waals surface area contributed by atoms with Gasteiger partial charge < -0.3 is 15.0 Å². The predicted molar refractivity (Wildman–Crippen MR) is 109 cm³/mol. The molecular formula is C20H19FN6O3. The van der Waals surface area contributed by atoms with E-state index in [0.717, 1.165) is 23.5 Å². The highest BCUT2D eigenvalue weighted by Gasteiger charge is 2.37. The Morgan fingerprint density at radius 1 is 1.27 bits per heavy atom. The number of rotatable bonds is 5. The van der Waals surface area contributed by atoms with Crippen molar-refractivity contribution in [2.75, 3.05) is 23.9 Å². The molecule has 10 heteroatoms. The summed E-state index contributed by atoms with van der Waals surface area (Å²) in [5, 5.41) is 14.0. The normalized spacial score (nSPS) is 14.3. The van der Waals surface area contributed by atoms with E-state index < -0.39 is 16.4 Å². The summed E-state index contributed by atoms with van der Waals surface area (Å²) in [4.78, 5) is 25.6. The fourth-order valence-corrected chi connectivity index (χ4v) is 3.53. The van der Waals surface area contributed by atoms with Crippen molar-refractivity contribution in [3.8, 4) is 5.75 Å². The Morgan fingerprint density at radius 2 is 2.07 bits per heavy atom. The van der Waals surface area contributed by atoms with Crippen LogP contribution in [0.25, 0.3) is 0 Å². The molecule has 0 amide bonds. The lowest BCUT2D eigenvalue weighted by molar-refractivity contribution is -0.387. The number of nitrogens with zero attached hydrogens (tertiary/aromatic N) is 5. The first-order chi connectivity index (χ1) is 14.3. The van der Waals surface area contributed by atoms with Crippen molar-refractivity contribution in [3.05, 3.63) is 64.4 Å². The molecule has 0 saturated heterocycles. The van der Waals surface area contributed by atoms with E-state index >= 15 is 0 Å². The second-order valence-electron chi connectivity index (χ2n) is 7.47. The van der Waals surface area contributed by atoms with Crippen LogP contribution < -0.4 is 15.0 Å². The largest absolute Gasteiger partial charge is 0.494 e.